The summed E-state index contributed by atoms with van der Waals surface area (Å²) in [5.41, 5.74) is 0. The number of rotatable bonds is 3. The van der Waals surface area contributed by atoms with Gasteiger partial charge in [0.1, 0.15) is 5.01 Å². The predicted octanol–water partition coefficient (Wildman–Crippen LogP) is 2.65. The van der Waals surface area contributed by atoms with Crippen LogP contribution in [0.15, 0.2) is 11.6 Å². The van der Waals surface area contributed by atoms with Crippen LogP contribution in [-0.4, -0.2) is 47.6 Å². The highest BCUT2D eigenvalue weighted by Crippen LogP contribution is 2.31. The first-order valence-corrected chi connectivity index (χ1v) is 8.89. The molecule has 2 saturated heterocycles. The number of nitrogens with one attached hydrogen (secondary N) is 1. The Hall–Kier alpha value is 0.190. The van der Waals surface area contributed by atoms with Crippen molar-refractivity contribution in [3.05, 3.63) is 16.6 Å². The highest BCUT2D eigenvalue weighted by molar-refractivity contribution is 7.99. The van der Waals surface area contributed by atoms with Gasteiger partial charge in [-0.3, -0.25) is 4.90 Å². The van der Waals surface area contributed by atoms with Crippen LogP contribution in [0, 0.1) is 5.92 Å². The van der Waals surface area contributed by atoms with Crippen molar-refractivity contribution in [2.45, 2.75) is 18.9 Å². The van der Waals surface area contributed by atoms with Crippen molar-refractivity contribution < 1.29 is 0 Å². The molecule has 1 aromatic rings. The molecule has 2 atom stereocenters. The molecule has 0 saturated carbocycles. The van der Waals surface area contributed by atoms with Crippen molar-refractivity contribution in [3.8, 4) is 0 Å². The molecule has 6 heteroatoms. The van der Waals surface area contributed by atoms with E-state index in [1.54, 1.807) is 0 Å². The summed E-state index contributed by atoms with van der Waals surface area (Å²) in [6.07, 6.45) is 4.68. The van der Waals surface area contributed by atoms with Gasteiger partial charge in [0.25, 0.3) is 0 Å². The highest BCUT2D eigenvalue weighted by Gasteiger charge is 2.28. The molecule has 3 nitrogen and oxygen atoms in total. The van der Waals surface area contributed by atoms with Gasteiger partial charge in [0.05, 0.1) is 6.04 Å². The van der Waals surface area contributed by atoms with E-state index in [-0.39, 0.29) is 12.4 Å². The first-order chi connectivity index (χ1) is 8.93. The lowest BCUT2D eigenvalue weighted by Crippen LogP contribution is -2.43. The van der Waals surface area contributed by atoms with Crippen LogP contribution in [0.4, 0.5) is 0 Å². The number of piperidine rings is 1. The second-order valence-corrected chi connectivity index (χ2v) is 7.24. The number of nitrogens with zero attached hydrogens (tertiary/aromatic N) is 2. The fraction of sp³-hybridized carbons (Fsp3) is 0.769. The van der Waals surface area contributed by atoms with Crippen LogP contribution in [-0.2, 0) is 0 Å². The Balaban J connectivity index is 0.00000133. The van der Waals surface area contributed by atoms with Crippen molar-refractivity contribution in [3.63, 3.8) is 0 Å². The number of thiazole rings is 1. The first kappa shape index (κ1) is 15.6. The third kappa shape index (κ3) is 4.08. The third-order valence-corrected chi connectivity index (χ3v) is 5.77. The zero-order chi connectivity index (χ0) is 12.2. The quantitative estimate of drug-likeness (QED) is 0.927. The van der Waals surface area contributed by atoms with Crippen LogP contribution in [0.25, 0.3) is 0 Å². The maximum Gasteiger partial charge on any atom is 0.111 e. The number of halogens is 1. The number of thioether (sulfide) groups is 1. The van der Waals surface area contributed by atoms with E-state index in [4.69, 9.17) is 0 Å². The zero-order valence-corrected chi connectivity index (χ0v) is 13.5. The fourth-order valence-electron chi connectivity index (χ4n) is 2.89. The molecular formula is C13H22ClN3S2. The number of hydrogen-bond donors (Lipinski definition) is 1. The van der Waals surface area contributed by atoms with Gasteiger partial charge in [-0.2, -0.15) is 11.8 Å². The third-order valence-electron chi connectivity index (χ3n) is 3.87. The average molecular weight is 320 g/mol. The standard InChI is InChI=1S/C13H21N3S2.ClH/c1-2-11(8-14-3-1)9-16-5-7-17-10-12(16)13-15-4-6-18-13;/h4,6,11-12,14H,1-3,5,7-10H2;1H. The van der Waals surface area contributed by atoms with Crippen LogP contribution in [0.3, 0.4) is 0 Å². The summed E-state index contributed by atoms with van der Waals surface area (Å²) in [5.74, 6) is 3.33. The molecule has 19 heavy (non-hydrogen) atoms. The molecule has 0 aromatic carbocycles. The Labute approximate surface area is 130 Å². The minimum absolute atomic E-state index is 0. The molecule has 2 fully saturated rings. The summed E-state index contributed by atoms with van der Waals surface area (Å²) >= 11 is 3.89. The Kier molecular flexibility index (Phi) is 6.42. The van der Waals surface area contributed by atoms with E-state index in [0.29, 0.717) is 6.04 Å². The van der Waals surface area contributed by atoms with Crippen LogP contribution in [0.2, 0.25) is 0 Å². The van der Waals surface area contributed by atoms with E-state index in [1.807, 2.05) is 17.5 Å². The summed E-state index contributed by atoms with van der Waals surface area (Å²) in [6.45, 7) is 4.89. The van der Waals surface area contributed by atoms with E-state index in [1.165, 1.54) is 55.5 Å². The lowest BCUT2D eigenvalue weighted by Gasteiger charge is -2.37. The number of hydrogen-bond acceptors (Lipinski definition) is 5. The molecule has 0 radical (unpaired) electrons. The van der Waals surface area contributed by atoms with E-state index in [0.717, 1.165) is 5.92 Å². The SMILES string of the molecule is Cl.c1csc(C2CSCCN2CC2CCCNC2)n1. The summed E-state index contributed by atoms with van der Waals surface area (Å²) in [7, 11) is 0. The molecular weight excluding hydrogens is 298 g/mol. The summed E-state index contributed by atoms with van der Waals surface area (Å²) < 4.78 is 0. The molecule has 2 aliphatic rings. The van der Waals surface area contributed by atoms with Gasteiger partial charge in [-0.25, -0.2) is 4.98 Å². The minimum atomic E-state index is 0. The van der Waals surface area contributed by atoms with Gasteiger partial charge in [-0.15, -0.1) is 23.7 Å². The summed E-state index contributed by atoms with van der Waals surface area (Å²) in [4.78, 5) is 7.20. The second kappa shape index (κ2) is 7.84. The Morgan fingerprint density at radius 2 is 2.42 bits per heavy atom. The van der Waals surface area contributed by atoms with Gasteiger partial charge in [0.15, 0.2) is 0 Å². The maximum absolute atomic E-state index is 4.53. The molecule has 1 aromatic heterocycles. The van der Waals surface area contributed by atoms with Crippen LogP contribution in [0.5, 0.6) is 0 Å². The largest absolute Gasteiger partial charge is 0.316 e. The van der Waals surface area contributed by atoms with E-state index < -0.39 is 0 Å². The molecule has 3 heterocycles. The smallest absolute Gasteiger partial charge is 0.111 e. The molecule has 108 valence electrons. The van der Waals surface area contributed by atoms with Crippen LogP contribution in [0.1, 0.15) is 23.9 Å². The van der Waals surface area contributed by atoms with Crippen molar-refractivity contribution in [1.82, 2.24) is 15.2 Å². The topological polar surface area (TPSA) is 28.2 Å². The summed E-state index contributed by atoms with van der Waals surface area (Å²) in [6, 6.07) is 0.561. The van der Waals surface area contributed by atoms with Gasteiger partial charge in [-0.05, 0) is 31.8 Å². The lowest BCUT2D eigenvalue weighted by atomic mass is 9.98. The number of aromatic nitrogens is 1. The Morgan fingerprint density at radius 1 is 1.47 bits per heavy atom. The second-order valence-electron chi connectivity index (χ2n) is 5.17. The lowest BCUT2D eigenvalue weighted by molar-refractivity contribution is 0.170. The Morgan fingerprint density at radius 3 is 3.16 bits per heavy atom. The molecule has 0 aliphatic carbocycles. The highest BCUT2D eigenvalue weighted by atomic mass is 35.5. The molecule has 3 rings (SSSR count). The maximum atomic E-state index is 4.53. The van der Waals surface area contributed by atoms with Crippen LogP contribution < -0.4 is 5.32 Å². The van der Waals surface area contributed by atoms with Crippen molar-refractivity contribution in [2.75, 3.05) is 37.7 Å². The molecule has 2 unspecified atom stereocenters. The minimum Gasteiger partial charge on any atom is -0.316 e. The van der Waals surface area contributed by atoms with Gasteiger partial charge >= 0.3 is 0 Å². The monoisotopic (exact) mass is 319 g/mol. The molecule has 1 N–H and O–H groups in total. The van der Waals surface area contributed by atoms with Gasteiger partial charge in [-0.1, -0.05) is 0 Å². The summed E-state index contributed by atoms with van der Waals surface area (Å²) in [5, 5.41) is 6.95. The fourth-order valence-corrected chi connectivity index (χ4v) is 4.89. The van der Waals surface area contributed by atoms with Gasteiger partial charge in [0, 0.05) is 36.2 Å². The van der Waals surface area contributed by atoms with Gasteiger partial charge < -0.3 is 5.32 Å². The normalized spacial score (nSPS) is 28.8. The van der Waals surface area contributed by atoms with Crippen molar-refractivity contribution in [2.24, 2.45) is 5.92 Å². The predicted molar refractivity (Wildman–Crippen MR) is 86.6 cm³/mol. The molecule has 0 spiro atoms. The molecule has 0 bridgehead atoms. The van der Waals surface area contributed by atoms with E-state index in [2.05, 4.69) is 32.3 Å². The zero-order valence-electron chi connectivity index (χ0n) is 11.1. The van der Waals surface area contributed by atoms with Crippen molar-refractivity contribution >= 4 is 35.5 Å². The van der Waals surface area contributed by atoms with Crippen molar-refractivity contribution in [1.29, 1.82) is 0 Å². The average Bonchev–Trinajstić information content (AvgIpc) is 2.94. The first-order valence-electron chi connectivity index (χ1n) is 6.85. The molecule has 2 aliphatic heterocycles. The van der Waals surface area contributed by atoms with E-state index in [9.17, 15) is 0 Å². The Bertz CT molecular complexity index is 355. The van der Waals surface area contributed by atoms with E-state index >= 15 is 0 Å². The molecule has 0 amide bonds. The van der Waals surface area contributed by atoms with Crippen LogP contribution >= 0.6 is 35.5 Å². The van der Waals surface area contributed by atoms with Gasteiger partial charge in [0.2, 0.25) is 0 Å².